The predicted molar refractivity (Wildman–Crippen MR) is 90.3 cm³/mol. The second kappa shape index (κ2) is 6.64. The molecule has 0 unspecified atom stereocenters. The van der Waals surface area contributed by atoms with E-state index in [9.17, 15) is 4.79 Å². The lowest BCUT2D eigenvalue weighted by atomic mass is 10.1. The SMILES string of the molecule is Cc1ccc(C)c(C(=O)OCc2nnc(-c3ccc(Br)s3)o2)c1. The minimum atomic E-state index is -0.398. The Morgan fingerprint density at radius 2 is 2.09 bits per heavy atom. The van der Waals surface area contributed by atoms with E-state index >= 15 is 0 Å². The molecule has 0 spiro atoms. The van der Waals surface area contributed by atoms with Crippen LogP contribution in [0.4, 0.5) is 0 Å². The highest BCUT2D eigenvalue weighted by Crippen LogP contribution is 2.30. The molecule has 0 saturated heterocycles. The van der Waals surface area contributed by atoms with Crippen LogP contribution in [0.2, 0.25) is 0 Å². The van der Waals surface area contributed by atoms with Crippen molar-refractivity contribution in [1.29, 1.82) is 0 Å². The van der Waals surface area contributed by atoms with Crippen LogP contribution in [-0.4, -0.2) is 16.2 Å². The van der Waals surface area contributed by atoms with Gasteiger partial charge in [0.05, 0.1) is 14.2 Å². The molecule has 0 aliphatic heterocycles. The van der Waals surface area contributed by atoms with E-state index in [0.29, 0.717) is 11.5 Å². The zero-order chi connectivity index (χ0) is 16.4. The number of hydrogen-bond donors (Lipinski definition) is 0. The average Bonchev–Trinajstić information content (AvgIpc) is 3.16. The maximum absolute atomic E-state index is 12.2. The van der Waals surface area contributed by atoms with Gasteiger partial charge in [0.15, 0.2) is 6.61 Å². The number of rotatable bonds is 4. The Morgan fingerprint density at radius 1 is 1.26 bits per heavy atom. The maximum Gasteiger partial charge on any atom is 0.338 e. The van der Waals surface area contributed by atoms with E-state index in [1.54, 1.807) is 6.07 Å². The van der Waals surface area contributed by atoms with Gasteiger partial charge in [0, 0.05) is 0 Å². The third kappa shape index (κ3) is 3.68. The Balaban J connectivity index is 1.68. The molecule has 3 rings (SSSR count). The van der Waals surface area contributed by atoms with Gasteiger partial charge in [-0.05, 0) is 53.5 Å². The smallest absolute Gasteiger partial charge is 0.338 e. The molecule has 0 amide bonds. The Labute approximate surface area is 145 Å². The van der Waals surface area contributed by atoms with Crippen LogP contribution in [0.15, 0.2) is 38.5 Å². The van der Waals surface area contributed by atoms with Gasteiger partial charge in [0.2, 0.25) is 0 Å². The summed E-state index contributed by atoms with van der Waals surface area (Å²) in [5, 5.41) is 7.87. The number of hydrogen-bond acceptors (Lipinski definition) is 6. The lowest BCUT2D eigenvalue weighted by molar-refractivity contribution is 0.0437. The summed E-state index contributed by atoms with van der Waals surface area (Å²) in [5.41, 5.74) is 2.42. The van der Waals surface area contributed by atoms with Crippen molar-refractivity contribution in [2.75, 3.05) is 0 Å². The minimum absolute atomic E-state index is 0.0498. The van der Waals surface area contributed by atoms with Crippen LogP contribution in [-0.2, 0) is 11.3 Å². The van der Waals surface area contributed by atoms with Crippen molar-refractivity contribution in [2.45, 2.75) is 20.5 Å². The van der Waals surface area contributed by atoms with Gasteiger partial charge in [-0.2, -0.15) is 0 Å². The molecular formula is C16H13BrN2O3S. The van der Waals surface area contributed by atoms with Crippen molar-refractivity contribution >= 4 is 33.2 Å². The molecule has 0 bridgehead atoms. The molecule has 2 aromatic heterocycles. The van der Waals surface area contributed by atoms with Crippen LogP contribution in [0.5, 0.6) is 0 Å². The van der Waals surface area contributed by atoms with E-state index < -0.39 is 5.97 Å². The van der Waals surface area contributed by atoms with Gasteiger partial charge in [0.25, 0.3) is 11.8 Å². The Morgan fingerprint density at radius 3 is 2.83 bits per heavy atom. The summed E-state index contributed by atoms with van der Waals surface area (Å²) in [7, 11) is 0. The number of benzene rings is 1. The molecule has 2 heterocycles. The molecule has 0 radical (unpaired) electrons. The van der Waals surface area contributed by atoms with Crippen molar-refractivity contribution in [3.05, 3.63) is 56.7 Å². The lowest BCUT2D eigenvalue weighted by Gasteiger charge is -2.06. The first-order chi connectivity index (χ1) is 11.0. The van der Waals surface area contributed by atoms with Gasteiger partial charge < -0.3 is 9.15 Å². The molecule has 1 aromatic carbocycles. The van der Waals surface area contributed by atoms with Gasteiger partial charge >= 0.3 is 5.97 Å². The number of aromatic nitrogens is 2. The molecule has 3 aromatic rings. The van der Waals surface area contributed by atoms with E-state index in [1.807, 2.05) is 38.1 Å². The first-order valence-electron chi connectivity index (χ1n) is 6.85. The zero-order valence-corrected chi connectivity index (χ0v) is 14.9. The van der Waals surface area contributed by atoms with Gasteiger partial charge in [-0.25, -0.2) is 4.79 Å². The van der Waals surface area contributed by atoms with E-state index in [1.165, 1.54) is 11.3 Å². The van der Waals surface area contributed by atoms with Crippen LogP contribution < -0.4 is 0 Å². The molecule has 0 aliphatic rings. The predicted octanol–water partition coefficient (Wildman–Crippen LogP) is 4.53. The number of aryl methyl sites for hydroxylation is 2. The van der Waals surface area contributed by atoms with Crippen molar-refractivity contribution in [3.8, 4) is 10.8 Å². The molecule has 0 N–H and O–H groups in total. The van der Waals surface area contributed by atoms with E-state index in [2.05, 4.69) is 26.1 Å². The summed E-state index contributed by atoms with van der Waals surface area (Å²) in [6.07, 6.45) is 0. The summed E-state index contributed by atoms with van der Waals surface area (Å²) >= 11 is 4.88. The molecule has 0 saturated carbocycles. The van der Waals surface area contributed by atoms with Crippen LogP contribution in [0.1, 0.15) is 27.4 Å². The van der Waals surface area contributed by atoms with E-state index in [4.69, 9.17) is 9.15 Å². The average molecular weight is 393 g/mol. The van der Waals surface area contributed by atoms with Crippen molar-refractivity contribution in [2.24, 2.45) is 0 Å². The lowest BCUT2D eigenvalue weighted by Crippen LogP contribution is -2.07. The highest BCUT2D eigenvalue weighted by molar-refractivity contribution is 9.11. The first kappa shape index (κ1) is 15.9. The number of carbonyl (C=O) groups excluding carboxylic acids is 1. The number of esters is 1. The highest BCUT2D eigenvalue weighted by Gasteiger charge is 2.15. The topological polar surface area (TPSA) is 65.2 Å². The van der Waals surface area contributed by atoms with Crippen molar-refractivity contribution < 1.29 is 13.9 Å². The second-order valence-corrected chi connectivity index (χ2v) is 7.46. The molecular weight excluding hydrogens is 380 g/mol. The number of nitrogens with zero attached hydrogens (tertiary/aromatic N) is 2. The molecule has 118 valence electrons. The Bertz CT molecular complexity index is 857. The molecule has 0 fully saturated rings. The normalized spacial score (nSPS) is 10.7. The van der Waals surface area contributed by atoms with Gasteiger partial charge in [-0.15, -0.1) is 21.5 Å². The summed E-state index contributed by atoms with van der Waals surface area (Å²) in [6, 6.07) is 9.44. The molecule has 0 aliphatic carbocycles. The van der Waals surface area contributed by atoms with Crippen LogP contribution in [0.25, 0.3) is 10.8 Å². The third-order valence-corrected chi connectivity index (χ3v) is 4.80. The first-order valence-corrected chi connectivity index (χ1v) is 8.46. The summed E-state index contributed by atoms with van der Waals surface area (Å²) in [6.45, 7) is 3.75. The fraction of sp³-hybridized carbons (Fsp3) is 0.188. The van der Waals surface area contributed by atoms with Crippen molar-refractivity contribution in [3.63, 3.8) is 0 Å². The number of ether oxygens (including phenoxy) is 1. The zero-order valence-electron chi connectivity index (χ0n) is 12.5. The standard InChI is InChI=1S/C16H13BrN2O3S/c1-9-3-4-10(2)11(7-9)16(20)21-8-14-18-19-15(22-14)12-5-6-13(17)23-12/h3-7H,8H2,1-2H3. The minimum Gasteiger partial charge on any atom is -0.452 e. The second-order valence-electron chi connectivity index (χ2n) is 5.00. The van der Waals surface area contributed by atoms with E-state index in [-0.39, 0.29) is 12.5 Å². The highest BCUT2D eigenvalue weighted by atomic mass is 79.9. The van der Waals surface area contributed by atoms with Gasteiger partial charge in [0.1, 0.15) is 0 Å². The van der Waals surface area contributed by atoms with Crippen LogP contribution >= 0.6 is 27.3 Å². The van der Waals surface area contributed by atoms with Gasteiger partial charge in [-0.3, -0.25) is 0 Å². The molecule has 0 atom stereocenters. The Hall–Kier alpha value is -1.99. The fourth-order valence-electron chi connectivity index (χ4n) is 2.00. The van der Waals surface area contributed by atoms with Crippen LogP contribution in [0.3, 0.4) is 0 Å². The van der Waals surface area contributed by atoms with Crippen molar-refractivity contribution in [1.82, 2.24) is 10.2 Å². The summed E-state index contributed by atoms with van der Waals surface area (Å²) < 4.78 is 11.8. The number of carbonyl (C=O) groups is 1. The number of halogens is 1. The molecule has 5 nitrogen and oxygen atoms in total. The third-order valence-electron chi connectivity index (χ3n) is 3.19. The summed E-state index contributed by atoms with van der Waals surface area (Å²) in [4.78, 5) is 13.0. The Kier molecular flexibility index (Phi) is 4.58. The molecule has 7 heteroatoms. The quantitative estimate of drug-likeness (QED) is 0.609. The monoisotopic (exact) mass is 392 g/mol. The number of thiophene rings is 1. The molecule has 23 heavy (non-hydrogen) atoms. The largest absolute Gasteiger partial charge is 0.452 e. The van der Waals surface area contributed by atoms with Gasteiger partial charge in [-0.1, -0.05) is 17.7 Å². The van der Waals surface area contributed by atoms with E-state index in [0.717, 1.165) is 19.8 Å². The fourth-order valence-corrected chi connectivity index (χ4v) is 3.31. The summed E-state index contributed by atoms with van der Waals surface area (Å²) in [5.74, 6) is 0.284. The maximum atomic E-state index is 12.2. The van der Waals surface area contributed by atoms with Crippen LogP contribution in [0, 0.1) is 13.8 Å².